The van der Waals surface area contributed by atoms with Crippen LogP contribution in [0.3, 0.4) is 0 Å². The van der Waals surface area contributed by atoms with Gasteiger partial charge in [-0.2, -0.15) is 0 Å². The number of hydrogen-bond donors (Lipinski definition) is 1. The largest absolute Gasteiger partial charge is 0.384 e. The van der Waals surface area contributed by atoms with Gasteiger partial charge in [0.25, 0.3) is 0 Å². The summed E-state index contributed by atoms with van der Waals surface area (Å²) in [6.45, 7) is 0. The topological polar surface area (TPSA) is 56.7 Å². The number of anilines is 1. The second-order valence-corrected chi connectivity index (χ2v) is 4.66. The Labute approximate surface area is 110 Å². The molecular formula is C15H12N4. The molecule has 0 atom stereocenters. The zero-order valence-electron chi connectivity index (χ0n) is 10.2. The summed E-state index contributed by atoms with van der Waals surface area (Å²) in [5, 5.41) is 1.14. The summed E-state index contributed by atoms with van der Waals surface area (Å²) in [7, 11) is 0. The number of nitrogens with zero attached hydrogens (tertiary/aromatic N) is 3. The molecule has 0 radical (unpaired) electrons. The maximum Gasteiger partial charge on any atom is 0.123 e. The highest BCUT2D eigenvalue weighted by molar-refractivity contribution is 5.91. The summed E-state index contributed by atoms with van der Waals surface area (Å²) >= 11 is 0. The van der Waals surface area contributed by atoms with Crippen LogP contribution in [0.1, 0.15) is 11.3 Å². The maximum atomic E-state index is 5.64. The van der Waals surface area contributed by atoms with E-state index in [1.165, 1.54) is 11.1 Å². The molecule has 0 bridgehead atoms. The molecule has 1 aliphatic carbocycles. The van der Waals surface area contributed by atoms with E-state index in [0.717, 1.165) is 23.2 Å². The van der Waals surface area contributed by atoms with Gasteiger partial charge in [-0.1, -0.05) is 12.2 Å². The van der Waals surface area contributed by atoms with Gasteiger partial charge in [0, 0.05) is 29.8 Å². The predicted octanol–water partition coefficient (Wildman–Crippen LogP) is 2.57. The lowest BCUT2D eigenvalue weighted by Gasteiger charge is -2.08. The molecule has 2 N–H and O–H groups in total. The van der Waals surface area contributed by atoms with E-state index >= 15 is 0 Å². The van der Waals surface area contributed by atoms with Gasteiger partial charge in [0.15, 0.2) is 0 Å². The van der Waals surface area contributed by atoms with Gasteiger partial charge in [-0.3, -0.25) is 4.98 Å². The molecule has 92 valence electrons. The number of allylic oxidation sites excluding steroid dienone is 1. The lowest BCUT2D eigenvalue weighted by molar-refractivity contribution is 1.08. The molecule has 4 rings (SSSR count). The van der Waals surface area contributed by atoms with E-state index < -0.39 is 0 Å². The number of fused-ring (bicyclic) bond motifs is 3. The van der Waals surface area contributed by atoms with Crippen LogP contribution >= 0.6 is 0 Å². The molecule has 3 heterocycles. The molecule has 3 aromatic heterocycles. The summed E-state index contributed by atoms with van der Waals surface area (Å²) in [4.78, 5) is 8.66. The van der Waals surface area contributed by atoms with Gasteiger partial charge in [0.1, 0.15) is 5.82 Å². The van der Waals surface area contributed by atoms with Gasteiger partial charge in [-0.15, -0.1) is 0 Å². The van der Waals surface area contributed by atoms with Crippen molar-refractivity contribution in [2.75, 3.05) is 5.73 Å². The van der Waals surface area contributed by atoms with Crippen molar-refractivity contribution < 1.29 is 0 Å². The molecule has 4 nitrogen and oxygen atoms in total. The van der Waals surface area contributed by atoms with Crippen LogP contribution in [0.25, 0.3) is 22.7 Å². The first-order valence-corrected chi connectivity index (χ1v) is 6.20. The van der Waals surface area contributed by atoms with Crippen LogP contribution in [0.2, 0.25) is 0 Å². The quantitative estimate of drug-likeness (QED) is 0.720. The second kappa shape index (κ2) is 3.68. The highest BCUT2D eigenvalue weighted by Crippen LogP contribution is 2.29. The fourth-order valence-corrected chi connectivity index (χ4v) is 2.57. The van der Waals surface area contributed by atoms with Crippen molar-refractivity contribution in [2.24, 2.45) is 0 Å². The Hall–Kier alpha value is -2.62. The molecule has 0 spiro atoms. The second-order valence-electron chi connectivity index (χ2n) is 4.66. The minimum absolute atomic E-state index is 0.534. The van der Waals surface area contributed by atoms with Crippen molar-refractivity contribution in [1.82, 2.24) is 14.5 Å². The Morgan fingerprint density at radius 2 is 2.05 bits per heavy atom. The third kappa shape index (κ3) is 1.46. The van der Waals surface area contributed by atoms with E-state index in [-0.39, 0.29) is 0 Å². The van der Waals surface area contributed by atoms with E-state index in [1.807, 2.05) is 24.5 Å². The predicted molar refractivity (Wildman–Crippen MR) is 76.0 cm³/mol. The van der Waals surface area contributed by atoms with Crippen LogP contribution in [-0.4, -0.2) is 14.5 Å². The number of aromatic nitrogens is 3. The highest BCUT2D eigenvalue weighted by atomic mass is 15.0. The maximum absolute atomic E-state index is 5.64. The van der Waals surface area contributed by atoms with Crippen molar-refractivity contribution in [2.45, 2.75) is 6.42 Å². The first-order chi connectivity index (χ1) is 9.33. The molecule has 0 unspecified atom stereocenters. The summed E-state index contributed by atoms with van der Waals surface area (Å²) in [5.41, 5.74) is 10.2. The Balaban J connectivity index is 2.03. The third-order valence-electron chi connectivity index (χ3n) is 3.49. The molecule has 0 aliphatic heterocycles. The minimum Gasteiger partial charge on any atom is -0.384 e. The fraction of sp³-hybridized carbons (Fsp3) is 0.0667. The lowest BCUT2D eigenvalue weighted by Crippen LogP contribution is -1.98. The van der Waals surface area contributed by atoms with Crippen LogP contribution in [0, 0.1) is 0 Å². The average Bonchev–Trinajstić information content (AvgIpc) is 3.04. The third-order valence-corrected chi connectivity index (χ3v) is 3.49. The van der Waals surface area contributed by atoms with Crippen molar-refractivity contribution in [1.29, 1.82) is 0 Å². The summed E-state index contributed by atoms with van der Waals surface area (Å²) < 4.78 is 2.14. The van der Waals surface area contributed by atoms with Gasteiger partial charge in [-0.05, 0) is 18.2 Å². The van der Waals surface area contributed by atoms with E-state index in [9.17, 15) is 0 Å². The Kier molecular flexibility index (Phi) is 2.00. The molecule has 0 saturated carbocycles. The Morgan fingerprint density at radius 1 is 1.11 bits per heavy atom. The molecule has 0 amide bonds. The molecular weight excluding hydrogens is 236 g/mol. The van der Waals surface area contributed by atoms with Crippen molar-refractivity contribution >= 4 is 22.8 Å². The van der Waals surface area contributed by atoms with Crippen LogP contribution in [-0.2, 0) is 6.42 Å². The summed E-state index contributed by atoms with van der Waals surface area (Å²) in [6.07, 6.45) is 11.0. The van der Waals surface area contributed by atoms with Crippen molar-refractivity contribution in [3.05, 3.63) is 54.1 Å². The Morgan fingerprint density at radius 3 is 2.89 bits per heavy atom. The number of rotatable bonds is 1. The minimum atomic E-state index is 0.534. The molecule has 0 fully saturated rings. The van der Waals surface area contributed by atoms with Gasteiger partial charge < -0.3 is 10.3 Å². The molecule has 1 aliphatic rings. The summed E-state index contributed by atoms with van der Waals surface area (Å²) in [6, 6.07) is 5.87. The van der Waals surface area contributed by atoms with Gasteiger partial charge >= 0.3 is 0 Å². The van der Waals surface area contributed by atoms with Crippen molar-refractivity contribution in [3.8, 4) is 5.69 Å². The summed E-state index contributed by atoms with van der Waals surface area (Å²) in [5.74, 6) is 0.534. The fourth-order valence-electron chi connectivity index (χ4n) is 2.57. The lowest BCUT2D eigenvalue weighted by atomic mass is 10.2. The average molecular weight is 248 g/mol. The number of nitrogen functional groups attached to an aromatic ring is 1. The van der Waals surface area contributed by atoms with Crippen LogP contribution < -0.4 is 5.73 Å². The molecule has 4 heteroatoms. The highest BCUT2D eigenvalue weighted by Gasteiger charge is 2.14. The number of hydrogen-bond acceptors (Lipinski definition) is 3. The first-order valence-electron chi connectivity index (χ1n) is 6.20. The SMILES string of the molecule is Nc1ccc(-n2ccc3cnc4c(c32)C=CC4)cn1. The van der Waals surface area contributed by atoms with Gasteiger partial charge in [0.05, 0.1) is 23.1 Å². The van der Waals surface area contributed by atoms with Crippen LogP contribution in [0.5, 0.6) is 0 Å². The van der Waals surface area contributed by atoms with Crippen molar-refractivity contribution in [3.63, 3.8) is 0 Å². The van der Waals surface area contributed by atoms with Crippen LogP contribution in [0.4, 0.5) is 5.82 Å². The number of nitrogens with two attached hydrogens (primary N) is 1. The zero-order chi connectivity index (χ0) is 12.8. The van der Waals surface area contributed by atoms with E-state index in [4.69, 9.17) is 5.73 Å². The van der Waals surface area contributed by atoms with E-state index in [1.54, 1.807) is 6.20 Å². The first kappa shape index (κ1) is 10.3. The van der Waals surface area contributed by atoms with Crippen LogP contribution in [0.15, 0.2) is 42.9 Å². The van der Waals surface area contributed by atoms with E-state index in [2.05, 4.69) is 32.8 Å². The smallest absolute Gasteiger partial charge is 0.123 e. The van der Waals surface area contributed by atoms with Gasteiger partial charge in [0.2, 0.25) is 0 Å². The molecule has 0 saturated heterocycles. The van der Waals surface area contributed by atoms with E-state index in [0.29, 0.717) is 5.82 Å². The number of pyridine rings is 2. The monoisotopic (exact) mass is 248 g/mol. The molecule has 3 aromatic rings. The normalized spacial score (nSPS) is 13.1. The van der Waals surface area contributed by atoms with Gasteiger partial charge in [-0.25, -0.2) is 4.98 Å². The molecule has 0 aromatic carbocycles. The standard InChI is InChI=1S/C15H12N4/c16-14-5-4-11(9-18-14)19-7-6-10-8-17-13-3-1-2-12(13)15(10)19/h1-2,4-9H,3H2,(H2,16,18). The molecule has 19 heavy (non-hydrogen) atoms. The Bertz CT molecular complexity index is 797. The zero-order valence-corrected chi connectivity index (χ0v) is 10.2.